The Bertz CT molecular complexity index is 288. The Hall–Kier alpha value is -2.20. The highest BCUT2D eigenvalue weighted by molar-refractivity contribution is 5.75. The van der Waals surface area contributed by atoms with Crippen LogP contribution in [0.1, 0.15) is 25.7 Å². The minimum absolute atomic E-state index is 0.296. The number of nitrogens with one attached hydrogen (secondary N) is 2. The highest BCUT2D eigenvalue weighted by Gasteiger charge is 2.01. The molecule has 0 atom stereocenters. The van der Waals surface area contributed by atoms with Crippen LogP contribution in [-0.4, -0.2) is 70.5 Å². The van der Waals surface area contributed by atoms with Crippen LogP contribution in [0, 0.1) is 0 Å². The lowest BCUT2D eigenvalue weighted by molar-refractivity contribution is -0.143. The van der Waals surface area contributed by atoms with E-state index in [9.17, 15) is 19.2 Å². The number of aliphatic carboxylic acids is 4. The lowest BCUT2D eigenvalue weighted by Crippen LogP contribution is -2.39. The molecule has 0 saturated carbocycles. The van der Waals surface area contributed by atoms with E-state index in [0.29, 0.717) is 0 Å². The molecular formula is C12H22N2O8. The fourth-order valence-electron chi connectivity index (χ4n) is 1.03. The van der Waals surface area contributed by atoms with Crippen LogP contribution in [0.3, 0.4) is 0 Å². The van der Waals surface area contributed by atoms with Crippen molar-refractivity contribution >= 4 is 23.9 Å². The molecule has 0 amide bonds. The van der Waals surface area contributed by atoms with Gasteiger partial charge >= 0.3 is 23.9 Å². The van der Waals surface area contributed by atoms with Crippen molar-refractivity contribution in [1.29, 1.82) is 0 Å². The standard InChI is InChI=1S/C4H10N2.2C4H6O4/c1-2-6-4-3-5-1;2*5-3(6)1-2-4(7)8/h5-6H,1-4H2;2*1-2H2,(H,5,6)(H,7,8). The second kappa shape index (κ2) is 15.2. The van der Waals surface area contributed by atoms with Crippen LogP contribution in [-0.2, 0) is 19.2 Å². The Balaban J connectivity index is 0. The molecule has 22 heavy (non-hydrogen) atoms. The van der Waals surface area contributed by atoms with Gasteiger partial charge in [0.15, 0.2) is 0 Å². The van der Waals surface area contributed by atoms with Crippen LogP contribution in [0.5, 0.6) is 0 Å². The summed E-state index contributed by atoms with van der Waals surface area (Å²) in [5.74, 6) is -4.31. The van der Waals surface area contributed by atoms with Crippen molar-refractivity contribution in [3.8, 4) is 0 Å². The number of hydrogen-bond acceptors (Lipinski definition) is 6. The quantitative estimate of drug-likeness (QED) is 0.358. The minimum Gasteiger partial charge on any atom is -0.481 e. The normalized spacial score (nSPS) is 12.7. The third-order valence-corrected chi connectivity index (χ3v) is 2.06. The van der Waals surface area contributed by atoms with Gasteiger partial charge in [-0.2, -0.15) is 0 Å². The van der Waals surface area contributed by atoms with E-state index in [0.717, 1.165) is 26.2 Å². The van der Waals surface area contributed by atoms with Crippen molar-refractivity contribution in [2.24, 2.45) is 0 Å². The van der Waals surface area contributed by atoms with Crippen molar-refractivity contribution in [3.63, 3.8) is 0 Å². The Kier molecular flexibility index (Phi) is 15.3. The number of carboxylic acid groups (broad SMARTS) is 4. The average Bonchev–Trinajstić information content (AvgIpc) is 2.46. The number of hydrogen-bond donors (Lipinski definition) is 6. The molecule has 10 heteroatoms. The summed E-state index contributed by atoms with van der Waals surface area (Å²) < 4.78 is 0. The predicted molar refractivity (Wildman–Crippen MR) is 74.8 cm³/mol. The van der Waals surface area contributed by atoms with Gasteiger partial charge in [-0.3, -0.25) is 19.2 Å². The Morgan fingerprint density at radius 3 is 0.818 bits per heavy atom. The molecule has 0 aromatic heterocycles. The summed E-state index contributed by atoms with van der Waals surface area (Å²) in [5, 5.41) is 38.0. The molecule has 0 bridgehead atoms. The molecule has 0 unspecified atom stereocenters. The number of piperazine rings is 1. The molecule has 0 aliphatic carbocycles. The average molecular weight is 322 g/mol. The first-order valence-corrected chi connectivity index (χ1v) is 6.54. The molecule has 1 saturated heterocycles. The molecule has 1 rings (SSSR count). The molecule has 1 aliphatic heterocycles. The summed E-state index contributed by atoms with van der Waals surface area (Å²) in [6.45, 7) is 4.56. The summed E-state index contributed by atoms with van der Waals surface area (Å²) in [4.78, 5) is 38.6. The maximum Gasteiger partial charge on any atom is 0.303 e. The summed E-state index contributed by atoms with van der Waals surface area (Å²) in [6, 6.07) is 0. The molecule has 0 aromatic rings. The lowest BCUT2D eigenvalue weighted by atomic mass is 10.3. The Labute approximate surface area is 127 Å². The lowest BCUT2D eigenvalue weighted by Gasteiger charge is -2.11. The van der Waals surface area contributed by atoms with Crippen LogP contribution in [0.25, 0.3) is 0 Å². The Morgan fingerprint density at radius 2 is 0.727 bits per heavy atom. The van der Waals surface area contributed by atoms with E-state index in [-0.39, 0.29) is 25.7 Å². The molecule has 0 aromatic carbocycles. The summed E-state index contributed by atoms with van der Waals surface area (Å²) >= 11 is 0. The number of carbonyl (C=O) groups is 4. The SMILES string of the molecule is C1CNCCN1.O=C(O)CCC(=O)O.O=C(O)CCC(=O)O. The third-order valence-electron chi connectivity index (χ3n) is 2.06. The zero-order chi connectivity index (χ0) is 17.4. The van der Waals surface area contributed by atoms with Crippen LogP contribution in [0.15, 0.2) is 0 Å². The van der Waals surface area contributed by atoms with Crippen molar-refractivity contribution in [3.05, 3.63) is 0 Å². The van der Waals surface area contributed by atoms with Gasteiger partial charge in [-0.15, -0.1) is 0 Å². The first-order chi connectivity index (χ1) is 10.3. The smallest absolute Gasteiger partial charge is 0.303 e. The molecule has 0 spiro atoms. The monoisotopic (exact) mass is 322 g/mol. The van der Waals surface area contributed by atoms with Gasteiger partial charge in [0.25, 0.3) is 0 Å². The third kappa shape index (κ3) is 26.4. The predicted octanol–water partition coefficient (Wildman–Crippen LogP) is -0.949. The van der Waals surface area contributed by atoms with Crippen molar-refractivity contribution in [2.75, 3.05) is 26.2 Å². The van der Waals surface area contributed by atoms with Gasteiger partial charge in [-0.1, -0.05) is 0 Å². The highest BCUT2D eigenvalue weighted by atomic mass is 16.4. The van der Waals surface area contributed by atoms with Crippen LogP contribution in [0.4, 0.5) is 0 Å². The fourth-order valence-corrected chi connectivity index (χ4v) is 1.03. The molecule has 1 heterocycles. The van der Waals surface area contributed by atoms with E-state index >= 15 is 0 Å². The molecular weight excluding hydrogens is 300 g/mol. The largest absolute Gasteiger partial charge is 0.481 e. The van der Waals surface area contributed by atoms with E-state index in [4.69, 9.17) is 20.4 Å². The van der Waals surface area contributed by atoms with Crippen molar-refractivity contribution in [1.82, 2.24) is 10.6 Å². The van der Waals surface area contributed by atoms with Gasteiger partial charge < -0.3 is 31.1 Å². The molecule has 128 valence electrons. The van der Waals surface area contributed by atoms with Gasteiger partial charge in [-0.05, 0) is 0 Å². The summed E-state index contributed by atoms with van der Waals surface area (Å²) in [5.41, 5.74) is 0. The first-order valence-electron chi connectivity index (χ1n) is 6.54. The van der Waals surface area contributed by atoms with Gasteiger partial charge in [0.05, 0.1) is 25.7 Å². The fraction of sp³-hybridized carbons (Fsp3) is 0.667. The van der Waals surface area contributed by atoms with Gasteiger partial charge in [0.1, 0.15) is 0 Å². The molecule has 0 radical (unpaired) electrons. The van der Waals surface area contributed by atoms with Crippen LogP contribution in [0.2, 0.25) is 0 Å². The van der Waals surface area contributed by atoms with E-state index < -0.39 is 23.9 Å². The maximum atomic E-state index is 9.64. The van der Waals surface area contributed by atoms with Crippen LogP contribution < -0.4 is 10.6 Å². The molecule has 1 aliphatic rings. The second-order valence-electron chi connectivity index (χ2n) is 4.07. The molecule has 10 nitrogen and oxygen atoms in total. The van der Waals surface area contributed by atoms with E-state index in [2.05, 4.69) is 10.6 Å². The number of carboxylic acids is 4. The highest BCUT2D eigenvalue weighted by Crippen LogP contribution is 1.86. The minimum atomic E-state index is -1.08. The van der Waals surface area contributed by atoms with E-state index in [1.54, 1.807) is 0 Å². The van der Waals surface area contributed by atoms with Gasteiger partial charge in [0.2, 0.25) is 0 Å². The first kappa shape index (κ1) is 22.1. The second-order valence-corrected chi connectivity index (χ2v) is 4.07. The van der Waals surface area contributed by atoms with E-state index in [1.807, 2.05) is 0 Å². The zero-order valence-electron chi connectivity index (χ0n) is 12.1. The Morgan fingerprint density at radius 1 is 0.545 bits per heavy atom. The molecule has 6 N–H and O–H groups in total. The maximum absolute atomic E-state index is 9.64. The summed E-state index contributed by atoms with van der Waals surface area (Å²) in [6.07, 6.45) is -1.19. The number of rotatable bonds is 6. The van der Waals surface area contributed by atoms with E-state index in [1.165, 1.54) is 0 Å². The topological polar surface area (TPSA) is 173 Å². The van der Waals surface area contributed by atoms with Gasteiger partial charge in [-0.25, -0.2) is 0 Å². The summed E-state index contributed by atoms with van der Waals surface area (Å²) in [7, 11) is 0. The van der Waals surface area contributed by atoms with Gasteiger partial charge in [0, 0.05) is 26.2 Å². The van der Waals surface area contributed by atoms with Crippen molar-refractivity contribution < 1.29 is 39.6 Å². The molecule has 1 fully saturated rings. The van der Waals surface area contributed by atoms with Crippen molar-refractivity contribution in [2.45, 2.75) is 25.7 Å². The zero-order valence-corrected chi connectivity index (χ0v) is 12.1. The van der Waals surface area contributed by atoms with Crippen LogP contribution >= 0.6 is 0 Å².